The molecule has 0 saturated heterocycles. The summed E-state index contributed by atoms with van der Waals surface area (Å²) >= 11 is 0. The normalized spacial score (nSPS) is 11.9. The van der Waals surface area contributed by atoms with Gasteiger partial charge in [-0.05, 0) is 43.5 Å². The lowest BCUT2D eigenvalue weighted by molar-refractivity contribution is 0.340. The zero-order valence-corrected chi connectivity index (χ0v) is 10.7. The van der Waals surface area contributed by atoms with Gasteiger partial charge in [0.15, 0.2) is 0 Å². The van der Waals surface area contributed by atoms with Crippen molar-refractivity contribution in [2.45, 2.75) is 33.2 Å². The molecule has 1 N–H and O–H groups in total. The van der Waals surface area contributed by atoms with Crippen LogP contribution in [0.15, 0.2) is 24.3 Å². The first kappa shape index (κ1) is 13.4. The lowest BCUT2D eigenvalue weighted by Gasteiger charge is -2.15. The summed E-state index contributed by atoms with van der Waals surface area (Å²) in [7, 11) is 0. The highest BCUT2D eigenvalue weighted by Gasteiger charge is 2.09. The molecule has 1 aromatic rings. The van der Waals surface area contributed by atoms with Crippen LogP contribution >= 0.6 is 0 Å². The van der Waals surface area contributed by atoms with Gasteiger partial charge in [0.25, 0.3) is 0 Å². The van der Waals surface area contributed by atoms with E-state index >= 15 is 0 Å². The van der Waals surface area contributed by atoms with E-state index in [-0.39, 0.29) is 6.04 Å². The van der Waals surface area contributed by atoms with Crippen molar-refractivity contribution < 1.29 is 4.74 Å². The zero-order valence-electron chi connectivity index (χ0n) is 10.7. The van der Waals surface area contributed by atoms with Gasteiger partial charge in [0.1, 0.15) is 11.8 Å². The Kier molecular flexibility index (Phi) is 5.35. The van der Waals surface area contributed by atoms with Crippen molar-refractivity contribution >= 4 is 5.69 Å². The molecule has 0 heterocycles. The van der Waals surface area contributed by atoms with E-state index in [0.717, 1.165) is 17.9 Å². The summed E-state index contributed by atoms with van der Waals surface area (Å²) < 4.78 is 5.36. The van der Waals surface area contributed by atoms with Gasteiger partial charge in [-0.15, -0.1) is 0 Å². The van der Waals surface area contributed by atoms with Crippen LogP contribution < -0.4 is 10.1 Å². The van der Waals surface area contributed by atoms with Gasteiger partial charge in [0, 0.05) is 5.69 Å². The van der Waals surface area contributed by atoms with Gasteiger partial charge in [-0.2, -0.15) is 5.26 Å². The van der Waals surface area contributed by atoms with Gasteiger partial charge in [-0.1, -0.05) is 13.8 Å². The van der Waals surface area contributed by atoms with E-state index < -0.39 is 0 Å². The molecule has 0 bridgehead atoms. The lowest BCUT2D eigenvalue weighted by Crippen LogP contribution is -2.19. The monoisotopic (exact) mass is 232 g/mol. The second kappa shape index (κ2) is 6.80. The average Bonchev–Trinajstić information content (AvgIpc) is 2.30. The first-order valence-electron chi connectivity index (χ1n) is 6.04. The second-order valence-electron chi connectivity index (χ2n) is 4.41. The minimum absolute atomic E-state index is 0.132. The summed E-state index contributed by atoms with van der Waals surface area (Å²) in [6.07, 6.45) is 0.851. The number of anilines is 1. The first-order chi connectivity index (χ1) is 8.15. The van der Waals surface area contributed by atoms with Crippen LogP contribution in [0.2, 0.25) is 0 Å². The molecule has 0 aliphatic rings. The van der Waals surface area contributed by atoms with Crippen molar-refractivity contribution in [2.24, 2.45) is 5.92 Å². The highest BCUT2D eigenvalue weighted by Crippen LogP contribution is 2.17. The number of nitrogens with zero attached hydrogens (tertiary/aromatic N) is 1. The zero-order chi connectivity index (χ0) is 12.7. The maximum Gasteiger partial charge on any atom is 0.119 e. The van der Waals surface area contributed by atoms with Crippen LogP contribution in [0.25, 0.3) is 0 Å². The maximum absolute atomic E-state index is 9.04. The molecule has 0 fully saturated rings. The molecule has 0 aliphatic heterocycles. The van der Waals surface area contributed by atoms with Crippen LogP contribution in [0.3, 0.4) is 0 Å². The molecule has 3 nitrogen and oxygen atoms in total. The van der Waals surface area contributed by atoms with Gasteiger partial charge >= 0.3 is 0 Å². The summed E-state index contributed by atoms with van der Waals surface area (Å²) in [5, 5.41) is 12.3. The molecular formula is C14H20N2O. The van der Waals surface area contributed by atoms with Gasteiger partial charge in [-0.3, -0.25) is 0 Å². The molecule has 0 amide bonds. The predicted molar refractivity (Wildman–Crippen MR) is 70.1 cm³/mol. The summed E-state index contributed by atoms with van der Waals surface area (Å²) in [4.78, 5) is 0. The van der Waals surface area contributed by atoms with E-state index in [1.807, 2.05) is 31.2 Å². The van der Waals surface area contributed by atoms with E-state index in [9.17, 15) is 0 Å². The predicted octanol–water partition coefficient (Wildman–Crippen LogP) is 3.44. The Balaban J connectivity index is 2.58. The van der Waals surface area contributed by atoms with E-state index in [2.05, 4.69) is 25.2 Å². The number of benzene rings is 1. The van der Waals surface area contributed by atoms with Crippen LogP contribution in [0.1, 0.15) is 27.2 Å². The fourth-order valence-corrected chi connectivity index (χ4v) is 1.63. The molecule has 1 atom stereocenters. The van der Waals surface area contributed by atoms with E-state index in [4.69, 9.17) is 10.00 Å². The van der Waals surface area contributed by atoms with Crippen molar-refractivity contribution in [1.29, 1.82) is 5.26 Å². The van der Waals surface area contributed by atoms with E-state index in [1.54, 1.807) is 0 Å². The van der Waals surface area contributed by atoms with Crippen molar-refractivity contribution in [3.63, 3.8) is 0 Å². The third kappa shape index (κ3) is 4.78. The second-order valence-corrected chi connectivity index (χ2v) is 4.41. The minimum atomic E-state index is -0.132. The minimum Gasteiger partial charge on any atom is -0.494 e. The van der Waals surface area contributed by atoms with Crippen LogP contribution in [-0.4, -0.2) is 12.6 Å². The fraction of sp³-hybridized carbons (Fsp3) is 0.500. The Bertz CT molecular complexity index is 365. The molecule has 17 heavy (non-hydrogen) atoms. The third-order valence-electron chi connectivity index (χ3n) is 2.37. The maximum atomic E-state index is 9.04. The summed E-state index contributed by atoms with van der Waals surface area (Å²) in [6.45, 7) is 6.86. The van der Waals surface area contributed by atoms with Gasteiger partial charge in [-0.25, -0.2) is 0 Å². The van der Waals surface area contributed by atoms with Crippen LogP contribution in [0.4, 0.5) is 5.69 Å². The standard InChI is InChI=1S/C14H20N2O/c1-4-17-14-7-5-12(6-8-14)16-13(10-15)9-11(2)3/h5-8,11,13,16H,4,9H2,1-3H3. The highest BCUT2D eigenvalue weighted by molar-refractivity contribution is 5.48. The topological polar surface area (TPSA) is 45.0 Å². The molecule has 0 spiro atoms. The Hall–Kier alpha value is -1.69. The van der Waals surface area contributed by atoms with E-state index in [1.165, 1.54) is 0 Å². The molecular weight excluding hydrogens is 212 g/mol. The number of hydrogen-bond donors (Lipinski definition) is 1. The Morgan fingerprint density at radius 2 is 1.94 bits per heavy atom. The molecule has 92 valence electrons. The summed E-state index contributed by atoms with van der Waals surface area (Å²) in [6, 6.07) is 9.85. The summed E-state index contributed by atoms with van der Waals surface area (Å²) in [5.74, 6) is 1.37. The number of ether oxygens (including phenoxy) is 1. The highest BCUT2D eigenvalue weighted by atomic mass is 16.5. The van der Waals surface area contributed by atoms with Crippen molar-refractivity contribution in [3.8, 4) is 11.8 Å². The van der Waals surface area contributed by atoms with Gasteiger partial charge < -0.3 is 10.1 Å². The van der Waals surface area contributed by atoms with Gasteiger partial charge in [0.05, 0.1) is 12.7 Å². The fourth-order valence-electron chi connectivity index (χ4n) is 1.63. The van der Waals surface area contributed by atoms with Crippen LogP contribution in [0, 0.1) is 17.2 Å². The quantitative estimate of drug-likeness (QED) is 0.817. The molecule has 3 heteroatoms. The van der Waals surface area contributed by atoms with E-state index in [0.29, 0.717) is 12.5 Å². The van der Waals surface area contributed by atoms with Crippen molar-refractivity contribution in [2.75, 3.05) is 11.9 Å². The molecule has 1 aromatic carbocycles. The third-order valence-corrected chi connectivity index (χ3v) is 2.37. The molecule has 1 unspecified atom stereocenters. The smallest absolute Gasteiger partial charge is 0.119 e. The number of nitrogens with one attached hydrogen (secondary N) is 1. The summed E-state index contributed by atoms with van der Waals surface area (Å²) in [5.41, 5.74) is 0.959. The SMILES string of the molecule is CCOc1ccc(NC(C#N)CC(C)C)cc1. The Morgan fingerprint density at radius 3 is 2.41 bits per heavy atom. The lowest BCUT2D eigenvalue weighted by atomic mass is 10.0. The Labute approximate surface area is 103 Å². The van der Waals surface area contributed by atoms with Crippen LogP contribution in [0.5, 0.6) is 5.75 Å². The first-order valence-corrected chi connectivity index (χ1v) is 6.04. The van der Waals surface area contributed by atoms with Gasteiger partial charge in [0.2, 0.25) is 0 Å². The van der Waals surface area contributed by atoms with Crippen molar-refractivity contribution in [1.82, 2.24) is 0 Å². The van der Waals surface area contributed by atoms with Crippen molar-refractivity contribution in [3.05, 3.63) is 24.3 Å². The number of nitriles is 1. The average molecular weight is 232 g/mol. The largest absolute Gasteiger partial charge is 0.494 e. The molecule has 0 aliphatic carbocycles. The molecule has 0 aromatic heterocycles. The Morgan fingerprint density at radius 1 is 1.29 bits per heavy atom. The number of hydrogen-bond acceptors (Lipinski definition) is 3. The molecule has 0 saturated carbocycles. The molecule has 1 rings (SSSR count). The number of rotatable bonds is 6. The van der Waals surface area contributed by atoms with Crippen LogP contribution in [-0.2, 0) is 0 Å². The molecule has 0 radical (unpaired) electrons.